The van der Waals surface area contributed by atoms with Crippen molar-refractivity contribution >= 4 is 11.6 Å². The molecule has 5 heteroatoms. The van der Waals surface area contributed by atoms with E-state index in [9.17, 15) is 9.18 Å². The molecule has 2 N–H and O–H groups in total. The fourth-order valence-corrected chi connectivity index (χ4v) is 2.40. The molecule has 0 aliphatic carbocycles. The van der Waals surface area contributed by atoms with Crippen LogP contribution in [0, 0.1) is 5.82 Å². The van der Waals surface area contributed by atoms with E-state index in [-0.39, 0.29) is 11.7 Å². The third kappa shape index (κ3) is 3.92. The summed E-state index contributed by atoms with van der Waals surface area (Å²) in [6.07, 6.45) is 1.24. The summed E-state index contributed by atoms with van der Waals surface area (Å²) in [7, 11) is 0. The largest absolute Gasteiger partial charge is 0.370 e. The molecule has 4 nitrogen and oxygen atoms in total. The van der Waals surface area contributed by atoms with Gasteiger partial charge in [0.1, 0.15) is 5.82 Å². The van der Waals surface area contributed by atoms with Gasteiger partial charge in [0.15, 0.2) is 0 Å². The number of anilines is 1. The summed E-state index contributed by atoms with van der Waals surface area (Å²) in [5.41, 5.74) is 5.80. The number of halogens is 1. The fourth-order valence-electron chi connectivity index (χ4n) is 2.40. The molecule has 0 saturated carbocycles. The minimum absolute atomic E-state index is 0.162. The SMILES string of the molecule is NC(=O)CCCN1CCN(c2ccccc2F)CC1. The van der Waals surface area contributed by atoms with Crippen LogP contribution >= 0.6 is 0 Å². The Bertz CT molecular complexity index is 430. The monoisotopic (exact) mass is 265 g/mol. The summed E-state index contributed by atoms with van der Waals surface area (Å²) in [5, 5.41) is 0. The van der Waals surface area contributed by atoms with Gasteiger partial charge in [-0.05, 0) is 25.1 Å². The molecule has 2 rings (SSSR count). The predicted molar refractivity (Wildman–Crippen MR) is 73.5 cm³/mol. The highest BCUT2D eigenvalue weighted by Gasteiger charge is 2.18. The number of hydrogen-bond acceptors (Lipinski definition) is 3. The molecule has 0 aromatic heterocycles. The lowest BCUT2D eigenvalue weighted by Crippen LogP contribution is -2.47. The van der Waals surface area contributed by atoms with Gasteiger partial charge in [0.25, 0.3) is 0 Å². The van der Waals surface area contributed by atoms with Crippen LogP contribution in [0.4, 0.5) is 10.1 Å². The van der Waals surface area contributed by atoms with Crippen LogP contribution in [0.2, 0.25) is 0 Å². The Hall–Kier alpha value is -1.62. The quantitative estimate of drug-likeness (QED) is 0.870. The number of rotatable bonds is 5. The van der Waals surface area contributed by atoms with Crippen LogP contribution in [0.1, 0.15) is 12.8 Å². The second-order valence-electron chi connectivity index (χ2n) is 4.85. The molecule has 0 unspecified atom stereocenters. The van der Waals surface area contributed by atoms with Crippen molar-refractivity contribution in [3.8, 4) is 0 Å². The number of benzene rings is 1. The lowest BCUT2D eigenvalue weighted by atomic mass is 10.2. The number of amides is 1. The highest BCUT2D eigenvalue weighted by molar-refractivity contribution is 5.73. The van der Waals surface area contributed by atoms with Crippen LogP contribution in [0.5, 0.6) is 0 Å². The van der Waals surface area contributed by atoms with E-state index >= 15 is 0 Å². The molecule has 1 aromatic carbocycles. The first-order valence-corrected chi connectivity index (χ1v) is 6.67. The van der Waals surface area contributed by atoms with E-state index in [1.54, 1.807) is 6.07 Å². The fraction of sp³-hybridized carbons (Fsp3) is 0.500. The van der Waals surface area contributed by atoms with Crippen molar-refractivity contribution < 1.29 is 9.18 Å². The van der Waals surface area contributed by atoms with Crippen LogP contribution in [-0.4, -0.2) is 43.5 Å². The first-order chi connectivity index (χ1) is 9.16. The average molecular weight is 265 g/mol. The molecule has 1 saturated heterocycles. The van der Waals surface area contributed by atoms with Gasteiger partial charge in [0, 0.05) is 32.6 Å². The molecule has 104 valence electrons. The van der Waals surface area contributed by atoms with E-state index in [1.807, 2.05) is 12.1 Å². The van der Waals surface area contributed by atoms with Crippen LogP contribution in [-0.2, 0) is 4.79 Å². The standard InChI is InChI=1S/C14H20FN3O/c15-12-4-1-2-5-13(12)18-10-8-17(9-11-18)7-3-6-14(16)19/h1-2,4-5H,3,6-11H2,(H2,16,19). The average Bonchev–Trinajstić information content (AvgIpc) is 2.40. The molecule has 0 spiro atoms. The van der Waals surface area contributed by atoms with Crippen molar-refractivity contribution in [2.45, 2.75) is 12.8 Å². The number of piperazine rings is 1. The van der Waals surface area contributed by atoms with Crippen molar-refractivity contribution in [2.24, 2.45) is 5.73 Å². The van der Waals surface area contributed by atoms with E-state index in [1.165, 1.54) is 6.07 Å². The number of carbonyl (C=O) groups is 1. The summed E-state index contributed by atoms with van der Waals surface area (Å²) >= 11 is 0. The molecule has 0 radical (unpaired) electrons. The first-order valence-electron chi connectivity index (χ1n) is 6.67. The molecule has 0 bridgehead atoms. The molecule has 1 heterocycles. The van der Waals surface area contributed by atoms with Crippen LogP contribution < -0.4 is 10.6 Å². The van der Waals surface area contributed by atoms with Gasteiger partial charge < -0.3 is 10.6 Å². The number of hydrogen-bond donors (Lipinski definition) is 1. The van der Waals surface area contributed by atoms with E-state index in [0.717, 1.165) is 39.1 Å². The van der Waals surface area contributed by atoms with Crippen molar-refractivity contribution in [2.75, 3.05) is 37.6 Å². The maximum atomic E-state index is 13.7. The summed E-state index contributed by atoms with van der Waals surface area (Å²) in [6, 6.07) is 6.88. The number of carbonyl (C=O) groups excluding carboxylic acids is 1. The number of nitrogens with zero attached hydrogens (tertiary/aromatic N) is 2. The van der Waals surface area contributed by atoms with Gasteiger partial charge in [-0.2, -0.15) is 0 Å². The molecular weight excluding hydrogens is 245 g/mol. The summed E-state index contributed by atoms with van der Waals surface area (Å²) in [6.45, 7) is 4.31. The minimum Gasteiger partial charge on any atom is -0.370 e. The second-order valence-corrected chi connectivity index (χ2v) is 4.85. The number of para-hydroxylation sites is 1. The molecule has 1 aliphatic heterocycles. The van der Waals surface area contributed by atoms with E-state index < -0.39 is 0 Å². The highest BCUT2D eigenvalue weighted by atomic mass is 19.1. The molecular formula is C14H20FN3O. The van der Waals surface area contributed by atoms with Gasteiger partial charge in [0.2, 0.25) is 5.91 Å². The Kier molecular flexibility index (Phi) is 4.74. The van der Waals surface area contributed by atoms with E-state index in [0.29, 0.717) is 12.1 Å². The van der Waals surface area contributed by atoms with Gasteiger partial charge in [-0.3, -0.25) is 9.69 Å². The summed E-state index contributed by atoms with van der Waals surface area (Å²) in [4.78, 5) is 15.0. The molecule has 0 atom stereocenters. The highest BCUT2D eigenvalue weighted by Crippen LogP contribution is 2.20. The second kappa shape index (κ2) is 6.52. The van der Waals surface area contributed by atoms with Gasteiger partial charge >= 0.3 is 0 Å². The minimum atomic E-state index is -0.245. The lowest BCUT2D eigenvalue weighted by Gasteiger charge is -2.36. The van der Waals surface area contributed by atoms with Gasteiger partial charge in [-0.15, -0.1) is 0 Å². The van der Waals surface area contributed by atoms with E-state index in [2.05, 4.69) is 9.80 Å². The summed E-state index contributed by atoms with van der Waals surface area (Å²) < 4.78 is 13.7. The smallest absolute Gasteiger partial charge is 0.217 e. The van der Waals surface area contributed by atoms with Gasteiger partial charge in [-0.25, -0.2) is 4.39 Å². The summed E-state index contributed by atoms with van der Waals surface area (Å²) in [5.74, 6) is -0.408. The molecule has 1 aromatic rings. The zero-order valence-electron chi connectivity index (χ0n) is 11.0. The van der Waals surface area contributed by atoms with Crippen molar-refractivity contribution in [3.63, 3.8) is 0 Å². The Morgan fingerprint density at radius 3 is 2.53 bits per heavy atom. The maximum absolute atomic E-state index is 13.7. The zero-order chi connectivity index (χ0) is 13.7. The Morgan fingerprint density at radius 2 is 1.89 bits per heavy atom. The first kappa shape index (κ1) is 13.8. The van der Waals surface area contributed by atoms with Gasteiger partial charge in [0.05, 0.1) is 5.69 Å². The maximum Gasteiger partial charge on any atom is 0.217 e. The van der Waals surface area contributed by atoms with Gasteiger partial charge in [-0.1, -0.05) is 12.1 Å². The van der Waals surface area contributed by atoms with Crippen molar-refractivity contribution in [1.82, 2.24) is 4.90 Å². The van der Waals surface area contributed by atoms with Crippen molar-refractivity contribution in [1.29, 1.82) is 0 Å². The molecule has 1 fully saturated rings. The number of primary amides is 1. The Labute approximate surface area is 113 Å². The number of nitrogens with two attached hydrogens (primary N) is 1. The van der Waals surface area contributed by atoms with Crippen LogP contribution in [0.15, 0.2) is 24.3 Å². The third-order valence-corrected chi connectivity index (χ3v) is 3.46. The normalized spacial score (nSPS) is 16.6. The van der Waals surface area contributed by atoms with Crippen LogP contribution in [0.3, 0.4) is 0 Å². The van der Waals surface area contributed by atoms with E-state index in [4.69, 9.17) is 5.73 Å². The molecule has 19 heavy (non-hydrogen) atoms. The zero-order valence-corrected chi connectivity index (χ0v) is 11.0. The van der Waals surface area contributed by atoms with Crippen LogP contribution in [0.25, 0.3) is 0 Å². The topological polar surface area (TPSA) is 49.6 Å². The Balaban J connectivity index is 1.79. The molecule has 1 aliphatic rings. The third-order valence-electron chi connectivity index (χ3n) is 3.46. The Morgan fingerprint density at radius 1 is 1.21 bits per heavy atom. The lowest BCUT2D eigenvalue weighted by molar-refractivity contribution is -0.118. The predicted octanol–water partition coefficient (Wildman–Crippen LogP) is 1.21. The molecule has 1 amide bonds. The van der Waals surface area contributed by atoms with Crippen molar-refractivity contribution in [3.05, 3.63) is 30.1 Å².